The summed E-state index contributed by atoms with van der Waals surface area (Å²) >= 11 is 1.69. The molecule has 0 spiro atoms. The number of methoxy groups -OCH3 is 1. The molecule has 0 aliphatic heterocycles. The molecule has 0 fully saturated rings. The Labute approximate surface area is 120 Å². The summed E-state index contributed by atoms with van der Waals surface area (Å²) in [7, 11) is 1.74. The first-order chi connectivity index (χ1) is 9.15. The van der Waals surface area contributed by atoms with E-state index in [0.29, 0.717) is 5.92 Å². The Kier molecular flexibility index (Phi) is 7.76. The van der Waals surface area contributed by atoms with E-state index in [0.717, 1.165) is 31.1 Å². The summed E-state index contributed by atoms with van der Waals surface area (Å²) in [5.74, 6) is 6.27. The van der Waals surface area contributed by atoms with Gasteiger partial charge in [-0.3, -0.25) is 4.90 Å². The summed E-state index contributed by atoms with van der Waals surface area (Å²) in [5.41, 5.74) is 0. The molecule has 0 aromatic carbocycles. The first kappa shape index (κ1) is 16.2. The molecule has 0 radical (unpaired) electrons. The molecule has 0 amide bonds. The summed E-state index contributed by atoms with van der Waals surface area (Å²) in [6.07, 6.45) is 0. The van der Waals surface area contributed by atoms with Crippen LogP contribution in [0.3, 0.4) is 0 Å². The highest BCUT2D eigenvalue weighted by Crippen LogP contribution is 2.18. The van der Waals surface area contributed by atoms with Gasteiger partial charge in [0.1, 0.15) is 6.61 Å². The average Bonchev–Trinajstić information content (AvgIpc) is 2.80. The van der Waals surface area contributed by atoms with Gasteiger partial charge in [-0.25, -0.2) is 0 Å². The van der Waals surface area contributed by atoms with Gasteiger partial charge in [0.15, 0.2) is 0 Å². The summed E-state index contributed by atoms with van der Waals surface area (Å²) in [4.78, 5) is 4.72. The van der Waals surface area contributed by atoms with E-state index in [1.54, 1.807) is 18.4 Å². The smallest absolute Gasteiger partial charge is 0.104 e. The second-order valence-electron chi connectivity index (χ2n) is 4.85. The minimum atomic E-state index is -0.0828. The van der Waals surface area contributed by atoms with Gasteiger partial charge in [-0.2, -0.15) is 0 Å². The molecule has 0 saturated carbocycles. The third kappa shape index (κ3) is 6.74. The van der Waals surface area contributed by atoms with Crippen molar-refractivity contribution in [2.75, 3.05) is 33.4 Å². The fourth-order valence-electron chi connectivity index (χ4n) is 1.85. The Bertz CT molecular complexity index is 417. The predicted molar refractivity (Wildman–Crippen MR) is 80.3 cm³/mol. The van der Waals surface area contributed by atoms with E-state index in [-0.39, 0.29) is 6.61 Å². The monoisotopic (exact) mass is 281 g/mol. The quantitative estimate of drug-likeness (QED) is 0.778. The maximum Gasteiger partial charge on any atom is 0.104 e. The summed E-state index contributed by atoms with van der Waals surface area (Å²) in [6.45, 7) is 8.09. The van der Waals surface area contributed by atoms with E-state index in [1.165, 1.54) is 4.88 Å². The highest BCUT2D eigenvalue weighted by molar-refractivity contribution is 7.12. The van der Waals surface area contributed by atoms with Crippen molar-refractivity contribution < 1.29 is 9.84 Å². The minimum absolute atomic E-state index is 0.0828. The van der Waals surface area contributed by atoms with E-state index in [2.05, 4.69) is 36.7 Å². The maximum absolute atomic E-state index is 8.68. The molecule has 0 bridgehead atoms. The number of hydrogen-bond acceptors (Lipinski definition) is 4. The van der Waals surface area contributed by atoms with Crippen LogP contribution in [0, 0.1) is 17.8 Å². The zero-order chi connectivity index (χ0) is 14.1. The lowest BCUT2D eigenvalue weighted by Gasteiger charge is -2.23. The van der Waals surface area contributed by atoms with Crippen molar-refractivity contribution in [1.82, 2.24) is 4.90 Å². The van der Waals surface area contributed by atoms with Crippen LogP contribution in [0.4, 0.5) is 0 Å². The van der Waals surface area contributed by atoms with Crippen molar-refractivity contribution in [3.8, 4) is 11.8 Å². The maximum atomic E-state index is 8.68. The van der Waals surface area contributed by atoms with Crippen LogP contribution in [0.5, 0.6) is 0 Å². The topological polar surface area (TPSA) is 32.7 Å². The van der Waals surface area contributed by atoms with Crippen molar-refractivity contribution in [2.24, 2.45) is 5.92 Å². The Balaban J connectivity index is 2.59. The van der Waals surface area contributed by atoms with Crippen LogP contribution >= 0.6 is 11.3 Å². The van der Waals surface area contributed by atoms with Crippen LogP contribution in [0.1, 0.15) is 23.6 Å². The molecule has 0 aliphatic rings. The van der Waals surface area contributed by atoms with E-state index in [4.69, 9.17) is 9.84 Å². The molecule has 0 atom stereocenters. The van der Waals surface area contributed by atoms with Crippen LogP contribution in [0.25, 0.3) is 0 Å². The van der Waals surface area contributed by atoms with Crippen molar-refractivity contribution in [1.29, 1.82) is 0 Å². The molecular weight excluding hydrogens is 258 g/mol. The largest absolute Gasteiger partial charge is 0.384 e. The van der Waals surface area contributed by atoms with Gasteiger partial charge in [-0.05, 0) is 18.1 Å². The van der Waals surface area contributed by atoms with E-state index < -0.39 is 0 Å². The fraction of sp³-hybridized carbons (Fsp3) is 0.600. The minimum Gasteiger partial charge on any atom is -0.384 e. The summed E-state index contributed by atoms with van der Waals surface area (Å²) < 4.78 is 5.16. The lowest BCUT2D eigenvalue weighted by molar-refractivity contribution is 0.136. The van der Waals surface area contributed by atoms with Crippen LogP contribution in [0.2, 0.25) is 0 Å². The highest BCUT2D eigenvalue weighted by Gasteiger charge is 2.09. The molecule has 0 unspecified atom stereocenters. The van der Waals surface area contributed by atoms with Gasteiger partial charge in [0.25, 0.3) is 0 Å². The van der Waals surface area contributed by atoms with Crippen molar-refractivity contribution in [3.63, 3.8) is 0 Å². The summed E-state index contributed by atoms with van der Waals surface area (Å²) in [6, 6.07) is 4.14. The van der Waals surface area contributed by atoms with Crippen LogP contribution in [-0.2, 0) is 11.3 Å². The average molecular weight is 281 g/mol. The summed E-state index contributed by atoms with van der Waals surface area (Å²) in [5, 5.41) is 8.68. The molecule has 1 heterocycles. The normalized spacial score (nSPS) is 10.8. The molecule has 1 N–H and O–H groups in total. The zero-order valence-corrected chi connectivity index (χ0v) is 12.8. The van der Waals surface area contributed by atoms with Crippen LogP contribution in [0.15, 0.2) is 12.1 Å². The fourth-order valence-corrected chi connectivity index (χ4v) is 2.77. The molecule has 0 saturated heterocycles. The number of ether oxygens (including phenoxy) is 1. The highest BCUT2D eigenvalue weighted by atomic mass is 32.1. The number of nitrogens with zero attached hydrogens (tertiary/aromatic N) is 1. The standard InChI is InChI=1S/C15H23NO2S/c1-13(2)11-16(8-10-18-3)12-15-7-6-14(19-15)5-4-9-17/h6-7,13,17H,8-12H2,1-3H3. The predicted octanol–water partition coefficient (Wildman–Crippen LogP) is 2.20. The first-order valence-electron chi connectivity index (χ1n) is 6.55. The third-order valence-electron chi connectivity index (χ3n) is 2.57. The van der Waals surface area contributed by atoms with Gasteiger partial charge in [-0.15, -0.1) is 11.3 Å². The second-order valence-corrected chi connectivity index (χ2v) is 6.02. The van der Waals surface area contributed by atoms with E-state index in [1.807, 2.05) is 6.07 Å². The van der Waals surface area contributed by atoms with Crippen molar-refractivity contribution >= 4 is 11.3 Å². The van der Waals surface area contributed by atoms with Gasteiger partial charge >= 0.3 is 0 Å². The Morgan fingerprint density at radius 3 is 2.84 bits per heavy atom. The van der Waals surface area contributed by atoms with Gasteiger partial charge in [-0.1, -0.05) is 25.7 Å². The Hall–Kier alpha value is -0.860. The molecule has 1 rings (SSSR count). The number of hydrogen-bond donors (Lipinski definition) is 1. The molecule has 1 aromatic rings. The second kappa shape index (κ2) is 9.11. The van der Waals surface area contributed by atoms with E-state index in [9.17, 15) is 0 Å². The molecule has 1 aromatic heterocycles. The third-order valence-corrected chi connectivity index (χ3v) is 3.55. The van der Waals surface area contributed by atoms with Crippen LogP contribution < -0.4 is 0 Å². The van der Waals surface area contributed by atoms with Crippen molar-refractivity contribution in [3.05, 3.63) is 21.9 Å². The molecule has 0 aliphatic carbocycles. The number of thiophene rings is 1. The molecule has 106 valence electrons. The number of aliphatic hydroxyl groups excluding tert-OH is 1. The lowest BCUT2D eigenvalue weighted by Crippen LogP contribution is -2.30. The Morgan fingerprint density at radius 1 is 1.42 bits per heavy atom. The lowest BCUT2D eigenvalue weighted by atomic mass is 10.2. The van der Waals surface area contributed by atoms with E-state index >= 15 is 0 Å². The molecule has 4 heteroatoms. The van der Waals surface area contributed by atoms with Gasteiger partial charge in [0.2, 0.25) is 0 Å². The van der Waals surface area contributed by atoms with Crippen LogP contribution in [-0.4, -0.2) is 43.4 Å². The Morgan fingerprint density at radius 2 is 2.21 bits per heavy atom. The SMILES string of the molecule is COCCN(Cc1ccc(C#CCO)s1)CC(C)C. The molecule has 19 heavy (non-hydrogen) atoms. The van der Waals surface area contributed by atoms with Gasteiger partial charge in [0, 0.05) is 31.6 Å². The molecule has 3 nitrogen and oxygen atoms in total. The number of aliphatic hydroxyl groups is 1. The molecular formula is C15H23NO2S. The first-order valence-corrected chi connectivity index (χ1v) is 7.37. The number of rotatable bonds is 7. The van der Waals surface area contributed by atoms with Gasteiger partial charge < -0.3 is 9.84 Å². The van der Waals surface area contributed by atoms with Gasteiger partial charge in [0.05, 0.1) is 11.5 Å². The van der Waals surface area contributed by atoms with Crippen molar-refractivity contribution in [2.45, 2.75) is 20.4 Å². The zero-order valence-electron chi connectivity index (χ0n) is 12.0.